The number of carbonyl (C=O) groups excluding carboxylic acids is 1. The Morgan fingerprint density at radius 2 is 1.73 bits per heavy atom. The molecule has 2 aromatic rings. The first kappa shape index (κ1) is 19.5. The van der Waals surface area contributed by atoms with Gasteiger partial charge in [-0.3, -0.25) is 9.59 Å². The van der Waals surface area contributed by atoms with Crippen molar-refractivity contribution < 1.29 is 24.2 Å². The van der Waals surface area contributed by atoms with E-state index in [0.717, 1.165) is 11.1 Å². The molecule has 0 aliphatic carbocycles. The molecular weight excluding hydrogens is 332 g/mol. The summed E-state index contributed by atoms with van der Waals surface area (Å²) in [4.78, 5) is 23.6. The van der Waals surface area contributed by atoms with Crippen LogP contribution in [0.2, 0.25) is 0 Å². The number of aryl methyl sites for hydroxylation is 1. The van der Waals surface area contributed by atoms with Gasteiger partial charge in [0.15, 0.2) is 5.41 Å². The molecule has 1 N–H and O–H groups in total. The van der Waals surface area contributed by atoms with Crippen molar-refractivity contribution in [2.24, 2.45) is 5.41 Å². The van der Waals surface area contributed by atoms with Crippen LogP contribution < -0.4 is 4.74 Å². The molecule has 5 nitrogen and oxygen atoms in total. The van der Waals surface area contributed by atoms with Crippen LogP contribution in [0.15, 0.2) is 54.6 Å². The van der Waals surface area contributed by atoms with Gasteiger partial charge in [0.1, 0.15) is 12.4 Å². The minimum atomic E-state index is -1.56. The van der Waals surface area contributed by atoms with Gasteiger partial charge in [-0.1, -0.05) is 42.5 Å². The van der Waals surface area contributed by atoms with Gasteiger partial charge in [-0.05, 0) is 49.9 Å². The molecule has 0 aliphatic heterocycles. The summed E-state index contributed by atoms with van der Waals surface area (Å²) in [5, 5.41) is 9.45. The second-order valence-electron chi connectivity index (χ2n) is 6.28. The molecule has 1 atom stereocenters. The fourth-order valence-corrected chi connectivity index (χ4v) is 2.51. The Labute approximate surface area is 153 Å². The summed E-state index contributed by atoms with van der Waals surface area (Å²) in [6.07, 6.45) is 0.591. The van der Waals surface area contributed by atoms with Gasteiger partial charge in [0.05, 0.1) is 6.61 Å². The van der Waals surface area contributed by atoms with E-state index < -0.39 is 17.4 Å². The average Bonchev–Trinajstić information content (AvgIpc) is 2.65. The molecule has 0 fully saturated rings. The molecule has 2 aromatic carbocycles. The highest BCUT2D eigenvalue weighted by molar-refractivity contribution is 5.98. The second-order valence-corrected chi connectivity index (χ2v) is 6.28. The number of ether oxygens (including phenoxy) is 2. The number of benzene rings is 2. The largest absolute Gasteiger partial charge is 0.489 e. The van der Waals surface area contributed by atoms with Gasteiger partial charge in [0.25, 0.3) is 0 Å². The Balaban J connectivity index is 2.01. The van der Waals surface area contributed by atoms with Crippen molar-refractivity contribution in [3.8, 4) is 5.75 Å². The molecule has 0 saturated heterocycles. The van der Waals surface area contributed by atoms with Crippen LogP contribution in [0.3, 0.4) is 0 Å². The van der Waals surface area contributed by atoms with E-state index in [1.54, 1.807) is 6.92 Å². The molecule has 1 unspecified atom stereocenters. The molecule has 0 radical (unpaired) electrons. The highest BCUT2D eigenvalue weighted by atomic mass is 16.5. The highest BCUT2D eigenvalue weighted by Crippen LogP contribution is 2.27. The molecule has 0 spiro atoms. The maximum atomic E-state index is 12.0. The van der Waals surface area contributed by atoms with E-state index in [-0.39, 0.29) is 13.0 Å². The molecule has 5 heteroatoms. The molecule has 2 rings (SSSR count). The van der Waals surface area contributed by atoms with Crippen LogP contribution in [-0.2, 0) is 27.4 Å². The van der Waals surface area contributed by atoms with Crippen LogP contribution in [0.25, 0.3) is 0 Å². The van der Waals surface area contributed by atoms with E-state index in [4.69, 9.17) is 9.47 Å². The number of esters is 1. The van der Waals surface area contributed by atoms with E-state index in [2.05, 4.69) is 0 Å². The molecular formula is C21H24O5. The number of hydrogen-bond donors (Lipinski definition) is 1. The number of carboxylic acid groups (broad SMARTS) is 1. The third-order valence-corrected chi connectivity index (χ3v) is 4.26. The standard InChI is InChI=1S/C21H24O5/c1-3-25-20(24)21(2,19(22)23)13-12-16-10-7-11-18(14-16)26-15-17-8-5-4-6-9-17/h4-11,14H,3,12-13,15H2,1-2H3,(H,22,23). The zero-order chi connectivity index (χ0) is 19.0. The van der Waals surface area contributed by atoms with Crippen molar-refractivity contribution in [2.75, 3.05) is 6.61 Å². The van der Waals surface area contributed by atoms with Crippen molar-refractivity contribution in [1.82, 2.24) is 0 Å². The van der Waals surface area contributed by atoms with Crippen molar-refractivity contribution >= 4 is 11.9 Å². The van der Waals surface area contributed by atoms with Crippen LogP contribution in [0.1, 0.15) is 31.4 Å². The third-order valence-electron chi connectivity index (χ3n) is 4.26. The van der Waals surface area contributed by atoms with Crippen LogP contribution in [-0.4, -0.2) is 23.7 Å². The highest BCUT2D eigenvalue weighted by Gasteiger charge is 2.42. The number of hydrogen-bond acceptors (Lipinski definition) is 4. The van der Waals surface area contributed by atoms with Gasteiger partial charge in [0, 0.05) is 0 Å². The lowest BCUT2D eigenvalue weighted by atomic mass is 9.84. The minimum Gasteiger partial charge on any atom is -0.489 e. The van der Waals surface area contributed by atoms with Crippen molar-refractivity contribution in [3.05, 3.63) is 65.7 Å². The van der Waals surface area contributed by atoms with Gasteiger partial charge in [-0.2, -0.15) is 0 Å². The summed E-state index contributed by atoms with van der Waals surface area (Å²) in [5.41, 5.74) is 0.419. The van der Waals surface area contributed by atoms with E-state index in [9.17, 15) is 14.7 Å². The Kier molecular flexibility index (Phi) is 6.78. The van der Waals surface area contributed by atoms with Crippen molar-refractivity contribution in [3.63, 3.8) is 0 Å². The number of aliphatic carboxylic acids is 1. The molecule has 0 heterocycles. The van der Waals surface area contributed by atoms with Crippen LogP contribution in [0.4, 0.5) is 0 Å². The minimum absolute atomic E-state index is 0.156. The van der Waals surface area contributed by atoms with Gasteiger partial charge < -0.3 is 14.6 Å². The smallest absolute Gasteiger partial charge is 0.323 e. The fourth-order valence-electron chi connectivity index (χ4n) is 2.51. The van der Waals surface area contributed by atoms with E-state index in [1.165, 1.54) is 6.92 Å². The maximum Gasteiger partial charge on any atom is 0.323 e. The Bertz CT molecular complexity index is 741. The molecule has 0 saturated carbocycles. The van der Waals surface area contributed by atoms with Crippen LogP contribution in [0.5, 0.6) is 5.75 Å². The number of carbonyl (C=O) groups is 2. The van der Waals surface area contributed by atoms with Crippen LogP contribution in [0, 0.1) is 5.41 Å². The first-order chi connectivity index (χ1) is 12.5. The van der Waals surface area contributed by atoms with Gasteiger partial charge in [-0.25, -0.2) is 0 Å². The topological polar surface area (TPSA) is 72.8 Å². The van der Waals surface area contributed by atoms with Crippen molar-refractivity contribution in [2.45, 2.75) is 33.3 Å². The lowest BCUT2D eigenvalue weighted by molar-refractivity contribution is -0.167. The molecule has 0 amide bonds. The summed E-state index contributed by atoms with van der Waals surface area (Å²) in [6.45, 7) is 3.68. The van der Waals surface area contributed by atoms with Gasteiger partial charge in [0.2, 0.25) is 0 Å². The number of carboxylic acids is 1. The fraction of sp³-hybridized carbons (Fsp3) is 0.333. The van der Waals surface area contributed by atoms with E-state index in [0.29, 0.717) is 18.8 Å². The summed E-state index contributed by atoms with van der Waals surface area (Å²) < 4.78 is 10.7. The predicted molar refractivity (Wildman–Crippen MR) is 97.9 cm³/mol. The van der Waals surface area contributed by atoms with Crippen LogP contribution >= 0.6 is 0 Å². The van der Waals surface area contributed by atoms with Gasteiger partial charge in [-0.15, -0.1) is 0 Å². The zero-order valence-corrected chi connectivity index (χ0v) is 15.1. The Hall–Kier alpha value is -2.82. The molecule has 26 heavy (non-hydrogen) atoms. The molecule has 138 valence electrons. The zero-order valence-electron chi connectivity index (χ0n) is 15.1. The Morgan fingerprint density at radius 1 is 1.04 bits per heavy atom. The summed E-state index contributed by atoms with van der Waals surface area (Å²) in [7, 11) is 0. The van der Waals surface area contributed by atoms with E-state index >= 15 is 0 Å². The maximum absolute atomic E-state index is 12.0. The molecule has 0 aliphatic rings. The lowest BCUT2D eigenvalue weighted by Gasteiger charge is -2.22. The monoisotopic (exact) mass is 356 g/mol. The van der Waals surface area contributed by atoms with E-state index in [1.807, 2.05) is 54.6 Å². The predicted octanol–water partition coefficient (Wildman–Crippen LogP) is 3.85. The normalized spacial score (nSPS) is 12.8. The summed E-state index contributed by atoms with van der Waals surface area (Å²) in [6, 6.07) is 17.3. The second kappa shape index (κ2) is 9.04. The molecule has 0 aromatic heterocycles. The summed E-state index contributed by atoms with van der Waals surface area (Å²) >= 11 is 0. The quantitative estimate of drug-likeness (QED) is 0.546. The lowest BCUT2D eigenvalue weighted by Crippen LogP contribution is -2.38. The summed E-state index contributed by atoms with van der Waals surface area (Å²) in [5.74, 6) is -1.17. The average molecular weight is 356 g/mol. The SMILES string of the molecule is CCOC(=O)C(C)(CCc1cccc(OCc2ccccc2)c1)C(=O)O. The van der Waals surface area contributed by atoms with Gasteiger partial charge >= 0.3 is 11.9 Å². The van der Waals surface area contributed by atoms with Crippen molar-refractivity contribution in [1.29, 1.82) is 0 Å². The number of rotatable bonds is 9. The first-order valence-electron chi connectivity index (χ1n) is 8.62. The Morgan fingerprint density at radius 3 is 2.38 bits per heavy atom. The third kappa shape index (κ3) is 5.09. The molecule has 0 bridgehead atoms. The first-order valence-corrected chi connectivity index (χ1v) is 8.62.